The minimum Gasteiger partial charge on any atom is -0.349 e. The van der Waals surface area contributed by atoms with Crippen LogP contribution in [0, 0.1) is 17.6 Å². The molecule has 2 aliphatic rings. The number of amides is 1. The van der Waals surface area contributed by atoms with Crippen molar-refractivity contribution >= 4 is 18.3 Å². The highest BCUT2D eigenvalue weighted by atomic mass is 35.5. The van der Waals surface area contributed by atoms with E-state index in [1.54, 1.807) is 18.2 Å². The fourth-order valence-electron chi connectivity index (χ4n) is 4.73. The van der Waals surface area contributed by atoms with Gasteiger partial charge >= 0.3 is 0 Å². The summed E-state index contributed by atoms with van der Waals surface area (Å²) in [7, 11) is 0. The maximum Gasteiger partial charge on any atom is 0.220 e. The van der Waals surface area contributed by atoms with E-state index in [9.17, 15) is 13.6 Å². The van der Waals surface area contributed by atoms with Gasteiger partial charge in [0.25, 0.3) is 0 Å². The predicted molar refractivity (Wildman–Crippen MR) is 112 cm³/mol. The Bertz CT molecular complexity index is 835. The van der Waals surface area contributed by atoms with Gasteiger partial charge in [-0.1, -0.05) is 24.3 Å². The maximum absolute atomic E-state index is 13.8. The highest BCUT2D eigenvalue weighted by Gasteiger charge is 2.34. The monoisotopic (exact) mass is 420 g/mol. The molecule has 156 valence electrons. The molecule has 3 unspecified atom stereocenters. The lowest BCUT2D eigenvalue weighted by Gasteiger charge is -2.29. The summed E-state index contributed by atoms with van der Waals surface area (Å²) in [6.45, 7) is 0. The van der Waals surface area contributed by atoms with Gasteiger partial charge in [-0.2, -0.15) is 0 Å². The first-order valence-electron chi connectivity index (χ1n) is 10.1. The molecule has 6 heteroatoms. The van der Waals surface area contributed by atoms with Crippen LogP contribution in [0.5, 0.6) is 0 Å². The number of carbonyl (C=O) groups is 1. The average molecular weight is 421 g/mol. The first kappa shape index (κ1) is 21.7. The van der Waals surface area contributed by atoms with Crippen LogP contribution >= 0.6 is 12.4 Å². The van der Waals surface area contributed by atoms with Crippen molar-refractivity contribution in [3.8, 4) is 0 Å². The fourth-order valence-corrected chi connectivity index (χ4v) is 4.73. The molecule has 0 saturated carbocycles. The third-order valence-electron chi connectivity index (χ3n) is 5.96. The minimum absolute atomic E-state index is 0. The predicted octanol–water partition coefficient (Wildman–Crippen LogP) is 4.71. The van der Waals surface area contributed by atoms with E-state index >= 15 is 0 Å². The summed E-state index contributed by atoms with van der Waals surface area (Å²) in [5.41, 5.74) is 1.47. The summed E-state index contributed by atoms with van der Waals surface area (Å²) >= 11 is 0. The normalized spacial score (nSPS) is 23.9. The van der Waals surface area contributed by atoms with Crippen molar-refractivity contribution in [2.45, 2.75) is 56.7 Å². The summed E-state index contributed by atoms with van der Waals surface area (Å²) in [6, 6.07) is 13.3. The number of piperidine rings is 1. The third-order valence-corrected chi connectivity index (χ3v) is 5.96. The lowest BCUT2D eigenvalue weighted by molar-refractivity contribution is -0.123. The SMILES string of the molecule is Cl.O=C(CC1CC2CCC(C1)N2)NC(Cc1cccc(F)c1)c1cccc(F)c1. The zero-order valence-electron chi connectivity index (χ0n) is 16.2. The Hall–Kier alpha value is -1.98. The molecule has 29 heavy (non-hydrogen) atoms. The van der Waals surface area contributed by atoms with Gasteiger partial charge in [0, 0.05) is 18.5 Å². The molecule has 2 aromatic rings. The van der Waals surface area contributed by atoms with Crippen molar-refractivity contribution in [2.75, 3.05) is 0 Å². The first-order valence-corrected chi connectivity index (χ1v) is 10.1. The number of hydrogen-bond donors (Lipinski definition) is 2. The maximum atomic E-state index is 13.8. The van der Waals surface area contributed by atoms with Crippen LogP contribution in [0.1, 0.15) is 49.3 Å². The third kappa shape index (κ3) is 5.77. The molecule has 3 nitrogen and oxygen atoms in total. The molecule has 2 saturated heterocycles. The van der Waals surface area contributed by atoms with Crippen molar-refractivity contribution in [2.24, 2.45) is 5.92 Å². The largest absolute Gasteiger partial charge is 0.349 e. The van der Waals surface area contributed by atoms with E-state index in [0.717, 1.165) is 18.4 Å². The standard InChI is InChI=1S/C23H26F2N2O.ClH/c24-18-5-1-3-15(9-18)12-22(17-4-2-6-19(25)14-17)27-23(28)13-16-10-20-7-8-21(11-16)26-20;/h1-6,9,14,16,20-22,26H,7-8,10-13H2,(H,27,28);1H. The van der Waals surface area contributed by atoms with Gasteiger partial charge in [0.2, 0.25) is 5.91 Å². The van der Waals surface area contributed by atoms with Crippen LogP contribution in [-0.4, -0.2) is 18.0 Å². The lowest BCUT2D eigenvalue weighted by atomic mass is 9.89. The number of nitrogens with one attached hydrogen (secondary N) is 2. The van der Waals surface area contributed by atoms with Crippen LogP contribution in [0.25, 0.3) is 0 Å². The van der Waals surface area contributed by atoms with Gasteiger partial charge in [-0.05, 0) is 73.4 Å². The fraction of sp³-hybridized carbons (Fsp3) is 0.435. The highest BCUT2D eigenvalue weighted by Crippen LogP contribution is 2.33. The number of carbonyl (C=O) groups excluding carboxylic acids is 1. The molecular formula is C23H27ClF2N2O. The highest BCUT2D eigenvalue weighted by molar-refractivity contribution is 5.85. The van der Waals surface area contributed by atoms with Gasteiger partial charge in [-0.3, -0.25) is 4.79 Å². The van der Waals surface area contributed by atoms with Gasteiger partial charge in [0.1, 0.15) is 11.6 Å². The molecule has 2 aromatic carbocycles. The number of fused-ring (bicyclic) bond motifs is 2. The summed E-state index contributed by atoms with van der Waals surface area (Å²) in [6.07, 6.45) is 5.40. The van der Waals surface area contributed by atoms with Crippen molar-refractivity contribution in [3.05, 3.63) is 71.3 Å². The molecule has 0 aromatic heterocycles. The van der Waals surface area contributed by atoms with E-state index in [0.29, 0.717) is 36.4 Å². The molecule has 3 atom stereocenters. The molecule has 2 bridgehead atoms. The van der Waals surface area contributed by atoms with Crippen LogP contribution in [-0.2, 0) is 11.2 Å². The second kappa shape index (κ2) is 9.68. The van der Waals surface area contributed by atoms with Crippen molar-refractivity contribution in [1.82, 2.24) is 10.6 Å². The number of rotatable bonds is 6. The van der Waals surface area contributed by atoms with E-state index in [1.807, 2.05) is 6.07 Å². The molecule has 2 N–H and O–H groups in total. The summed E-state index contributed by atoms with van der Waals surface area (Å²) < 4.78 is 27.3. The Labute approximate surface area is 176 Å². The second-order valence-corrected chi connectivity index (χ2v) is 8.19. The Kier molecular flexibility index (Phi) is 7.25. The average Bonchev–Trinajstić information content (AvgIpc) is 2.99. The Balaban J connectivity index is 0.00000240. The van der Waals surface area contributed by atoms with Crippen molar-refractivity contribution in [1.29, 1.82) is 0 Å². The van der Waals surface area contributed by atoms with Crippen molar-refractivity contribution in [3.63, 3.8) is 0 Å². The summed E-state index contributed by atoms with van der Waals surface area (Å²) in [5.74, 6) is -0.282. The molecule has 0 radical (unpaired) electrons. The van der Waals surface area contributed by atoms with E-state index in [1.165, 1.54) is 37.1 Å². The molecule has 0 spiro atoms. The minimum atomic E-state index is -0.386. The smallest absolute Gasteiger partial charge is 0.220 e. The Morgan fingerprint density at radius 2 is 1.69 bits per heavy atom. The van der Waals surface area contributed by atoms with E-state index in [2.05, 4.69) is 10.6 Å². The Morgan fingerprint density at radius 1 is 1.03 bits per heavy atom. The molecular weight excluding hydrogens is 394 g/mol. The molecule has 2 fully saturated rings. The van der Waals surface area contributed by atoms with E-state index in [4.69, 9.17) is 0 Å². The van der Waals surface area contributed by atoms with Crippen LogP contribution in [0.15, 0.2) is 48.5 Å². The molecule has 2 aliphatic heterocycles. The molecule has 1 amide bonds. The van der Waals surface area contributed by atoms with Crippen LogP contribution in [0.2, 0.25) is 0 Å². The van der Waals surface area contributed by atoms with Gasteiger partial charge in [-0.25, -0.2) is 8.78 Å². The zero-order valence-corrected chi connectivity index (χ0v) is 17.1. The summed E-state index contributed by atoms with van der Waals surface area (Å²) in [4.78, 5) is 12.8. The van der Waals surface area contributed by atoms with Crippen LogP contribution in [0.3, 0.4) is 0 Å². The summed E-state index contributed by atoms with van der Waals surface area (Å²) in [5, 5.41) is 6.67. The Morgan fingerprint density at radius 3 is 2.34 bits per heavy atom. The van der Waals surface area contributed by atoms with Gasteiger partial charge < -0.3 is 10.6 Å². The molecule has 2 heterocycles. The van der Waals surface area contributed by atoms with Crippen molar-refractivity contribution < 1.29 is 13.6 Å². The number of benzene rings is 2. The topological polar surface area (TPSA) is 41.1 Å². The zero-order chi connectivity index (χ0) is 19.5. The van der Waals surface area contributed by atoms with E-state index in [-0.39, 0.29) is 36.0 Å². The van der Waals surface area contributed by atoms with Crippen LogP contribution < -0.4 is 10.6 Å². The molecule has 4 rings (SSSR count). The lowest BCUT2D eigenvalue weighted by Crippen LogP contribution is -2.40. The van der Waals surface area contributed by atoms with Gasteiger partial charge in [0.15, 0.2) is 0 Å². The number of hydrogen-bond acceptors (Lipinski definition) is 2. The van der Waals surface area contributed by atoms with Crippen LogP contribution in [0.4, 0.5) is 8.78 Å². The second-order valence-electron chi connectivity index (χ2n) is 8.19. The van der Waals surface area contributed by atoms with Gasteiger partial charge in [0.05, 0.1) is 6.04 Å². The quantitative estimate of drug-likeness (QED) is 0.710. The number of halogens is 3. The van der Waals surface area contributed by atoms with E-state index < -0.39 is 0 Å². The molecule has 0 aliphatic carbocycles. The first-order chi connectivity index (χ1) is 13.5. The van der Waals surface area contributed by atoms with Gasteiger partial charge in [-0.15, -0.1) is 12.4 Å².